The van der Waals surface area contributed by atoms with E-state index in [1.54, 1.807) is 12.1 Å². The number of carbonyl (C=O) groups is 1. The van der Waals surface area contributed by atoms with Crippen LogP contribution in [0, 0.1) is 5.92 Å². The summed E-state index contributed by atoms with van der Waals surface area (Å²) in [6.45, 7) is 1.85. The second-order valence-corrected chi connectivity index (χ2v) is 3.99. The molecule has 0 spiro atoms. The van der Waals surface area contributed by atoms with E-state index in [2.05, 4.69) is 9.88 Å². The van der Waals surface area contributed by atoms with Crippen LogP contribution in [0.4, 0.5) is 5.82 Å². The van der Waals surface area contributed by atoms with E-state index in [1.807, 2.05) is 0 Å². The Labute approximate surface area is 93.3 Å². The third-order valence-electron chi connectivity index (χ3n) is 2.86. The van der Waals surface area contributed by atoms with Gasteiger partial charge >= 0.3 is 5.97 Å². The van der Waals surface area contributed by atoms with Gasteiger partial charge in [-0.15, -0.1) is 0 Å². The van der Waals surface area contributed by atoms with Crippen molar-refractivity contribution in [2.24, 2.45) is 5.92 Å². The Morgan fingerprint density at radius 2 is 2.38 bits per heavy atom. The lowest BCUT2D eigenvalue weighted by Gasteiger charge is -2.16. The number of carboxylic acids is 1. The van der Waals surface area contributed by atoms with Crippen molar-refractivity contribution in [1.82, 2.24) is 4.98 Å². The molecule has 5 heteroatoms. The lowest BCUT2D eigenvalue weighted by Crippen LogP contribution is -2.21. The Bertz CT molecular complexity index is 377. The van der Waals surface area contributed by atoms with Gasteiger partial charge in [-0.05, 0) is 18.6 Å². The Balaban J connectivity index is 2.08. The van der Waals surface area contributed by atoms with Gasteiger partial charge in [0.1, 0.15) is 5.82 Å². The molecule has 0 radical (unpaired) electrons. The van der Waals surface area contributed by atoms with Crippen LogP contribution in [0.1, 0.15) is 16.8 Å². The largest absolute Gasteiger partial charge is 0.478 e. The number of hydrogen-bond donors (Lipinski definition) is 2. The first-order valence-electron chi connectivity index (χ1n) is 5.26. The van der Waals surface area contributed by atoms with Crippen molar-refractivity contribution in [3.8, 4) is 0 Å². The topological polar surface area (TPSA) is 73.7 Å². The summed E-state index contributed by atoms with van der Waals surface area (Å²) in [5.74, 6) is 0.121. The highest BCUT2D eigenvalue weighted by Crippen LogP contribution is 2.21. The second kappa shape index (κ2) is 4.49. The number of aliphatic hydroxyl groups excluding tert-OH is 1. The third-order valence-corrected chi connectivity index (χ3v) is 2.86. The van der Waals surface area contributed by atoms with Gasteiger partial charge in [0, 0.05) is 31.8 Å². The summed E-state index contributed by atoms with van der Waals surface area (Å²) in [4.78, 5) is 16.8. The number of pyridine rings is 1. The smallest absolute Gasteiger partial charge is 0.337 e. The van der Waals surface area contributed by atoms with Crippen molar-refractivity contribution < 1.29 is 15.0 Å². The van der Waals surface area contributed by atoms with E-state index >= 15 is 0 Å². The van der Waals surface area contributed by atoms with Crippen molar-refractivity contribution in [2.75, 3.05) is 24.6 Å². The number of anilines is 1. The number of rotatable bonds is 3. The standard InChI is InChI=1S/C11H14N2O3/c14-7-8-3-4-13(6-8)10-2-1-9(5-12-10)11(15)16/h1-2,5,8,14H,3-4,6-7H2,(H,15,16)/t8-/m1/s1. The Morgan fingerprint density at radius 3 is 2.88 bits per heavy atom. The molecule has 1 aromatic rings. The summed E-state index contributed by atoms with van der Waals surface area (Å²) >= 11 is 0. The highest BCUT2D eigenvalue weighted by atomic mass is 16.4. The molecule has 0 amide bonds. The molecule has 1 aliphatic rings. The molecule has 0 aromatic carbocycles. The average Bonchev–Trinajstić information content (AvgIpc) is 2.77. The molecule has 1 atom stereocenters. The number of hydrogen-bond acceptors (Lipinski definition) is 4. The van der Waals surface area contributed by atoms with Crippen molar-refractivity contribution in [3.63, 3.8) is 0 Å². The van der Waals surface area contributed by atoms with Gasteiger partial charge in [0.25, 0.3) is 0 Å². The molecule has 2 heterocycles. The van der Waals surface area contributed by atoms with Gasteiger partial charge in [-0.1, -0.05) is 0 Å². The van der Waals surface area contributed by atoms with Crippen molar-refractivity contribution in [3.05, 3.63) is 23.9 Å². The maximum atomic E-state index is 10.6. The summed E-state index contributed by atoms with van der Waals surface area (Å²) in [6, 6.07) is 3.26. The summed E-state index contributed by atoms with van der Waals surface area (Å²) in [5, 5.41) is 17.8. The van der Waals surface area contributed by atoms with Gasteiger partial charge in [0.15, 0.2) is 0 Å². The minimum Gasteiger partial charge on any atom is -0.478 e. The van der Waals surface area contributed by atoms with Gasteiger partial charge in [0.2, 0.25) is 0 Å². The molecule has 0 saturated carbocycles. The minimum absolute atomic E-state index is 0.196. The zero-order valence-corrected chi connectivity index (χ0v) is 8.83. The van der Waals surface area contributed by atoms with Gasteiger partial charge in [-0.2, -0.15) is 0 Å². The SMILES string of the molecule is O=C(O)c1ccc(N2CC[C@@H](CO)C2)nc1. The minimum atomic E-state index is -0.964. The predicted molar refractivity (Wildman–Crippen MR) is 58.6 cm³/mol. The van der Waals surface area contributed by atoms with Crippen molar-refractivity contribution in [2.45, 2.75) is 6.42 Å². The van der Waals surface area contributed by atoms with Crippen LogP contribution in [-0.4, -0.2) is 40.9 Å². The summed E-state index contributed by atoms with van der Waals surface area (Å²) in [6.07, 6.45) is 2.32. The van der Waals surface area contributed by atoms with Gasteiger partial charge < -0.3 is 15.1 Å². The molecule has 1 saturated heterocycles. The van der Waals surface area contributed by atoms with E-state index in [0.717, 1.165) is 25.3 Å². The molecule has 2 rings (SSSR count). The molecule has 1 fully saturated rings. The molecule has 0 bridgehead atoms. The zero-order chi connectivity index (χ0) is 11.5. The van der Waals surface area contributed by atoms with Gasteiger partial charge in [-0.3, -0.25) is 0 Å². The molecule has 0 unspecified atom stereocenters. The van der Waals surface area contributed by atoms with Crippen LogP contribution >= 0.6 is 0 Å². The number of nitrogens with zero attached hydrogens (tertiary/aromatic N) is 2. The Kier molecular flexibility index (Phi) is 3.05. The van der Waals surface area contributed by atoms with Crippen LogP contribution in [0.5, 0.6) is 0 Å². The fraction of sp³-hybridized carbons (Fsp3) is 0.455. The number of aliphatic hydroxyl groups is 1. The quantitative estimate of drug-likeness (QED) is 0.783. The molecule has 2 N–H and O–H groups in total. The fourth-order valence-electron chi connectivity index (χ4n) is 1.89. The van der Waals surface area contributed by atoms with Crippen LogP contribution in [-0.2, 0) is 0 Å². The summed E-state index contributed by atoms with van der Waals surface area (Å²) < 4.78 is 0. The molecule has 1 aromatic heterocycles. The van der Waals surface area contributed by atoms with Crippen LogP contribution in [0.25, 0.3) is 0 Å². The number of aromatic nitrogens is 1. The number of carboxylic acid groups (broad SMARTS) is 1. The molecule has 5 nitrogen and oxygen atoms in total. The van der Waals surface area contributed by atoms with Crippen LogP contribution in [0.15, 0.2) is 18.3 Å². The van der Waals surface area contributed by atoms with Crippen molar-refractivity contribution >= 4 is 11.8 Å². The number of aromatic carboxylic acids is 1. The highest BCUT2D eigenvalue weighted by molar-refractivity contribution is 5.87. The van der Waals surface area contributed by atoms with E-state index in [-0.39, 0.29) is 12.2 Å². The Morgan fingerprint density at radius 1 is 1.56 bits per heavy atom. The van der Waals surface area contributed by atoms with Crippen LogP contribution in [0.3, 0.4) is 0 Å². The first-order chi connectivity index (χ1) is 7.70. The van der Waals surface area contributed by atoms with Gasteiger partial charge in [-0.25, -0.2) is 9.78 Å². The monoisotopic (exact) mass is 222 g/mol. The maximum Gasteiger partial charge on any atom is 0.337 e. The van der Waals surface area contributed by atoms with Crippen LogP contribution < -0.4 is 4.90 Å². The average molecular weight is 222 g/mol. The highest BCUT2D eigenvalue weighted by Gasteiger charge is 2.22. The first-order valence-corrected chi connectivity index (χ1v) is 5.26. The van der Waals surface area contributed by atoms with Gasteiger partial charge in [0.05, 0.1) is 5.56 Å². The molecule has 16 heavy (non-hydrogen) atoms. The molecule has 86 valence electrons. The van der Waals surface area contributed by atoms with E-state index in [0.29, 0.717) is 5.92 Å². The van der Waals surface area contributed by atoms with E-state index in [9.17, 15) is 4.79 Å². The summed E-state index contributed by atoms with van der Waals surface area (Å²) in [5.41, 5.74) is 0.196. The molecule has 1 aliphatic heterocycles. The van der Waals surface area contributed by atoms with E-state index < -0.39 is 5.97 Å². The third kappa shape index (κ3) is 2.14. The van der Waals surface area contributed by atoms with Crippen LogP contribution in [0.2, 0.25) is 0 Å². The molecule has 0 aliphatic carbocycles. The first kappa shape index (κ1) is 10.9. The lowest BCUT2D eigenvalue weighted by molar-refractivity contribution is 0.0696. The molecular weight excluding hydrogens is 208 g/mol. The van der Waals surface area contributed by atoms with E-state index in [4.69, 9.17) is 10.2 Å². The van der Waals surface area contributed by atoms with E-state index in [1.165, 1.54) is 6.20 Å². The normalized spacial score (nSPS) is 20.1. The second-order valence-electron chi connectivity index (χ2n) is 3.99. The van der Waals surface area contributed by atoms with Crippen molar-refractivity contribution in [1.29, 1.82) is 0 Å². The maximum absolute atomic E-state index is 10.6. The zero-order valence-electron chi connectivity index (χ0n) is 8.83. The lowest BCUT2D eigenvalue weighted by atomic mass is 10.1. The fourth-order valence-corrected chi connectivity index (χ4v) is 1.89. The summed E-state index contributed by atoms with van der Waals surface area (Å²) in [7, 11) is 0. The Hall–Kier alpha value is -1.62. The predicted octanol–water partition coefficient (Wildman–Crippen LogP) is 0.598. The molecular formula is C11H14N2O3.